The van der Waals surface area contributed by atoms with Gasteiger partial charge in [-0.15, -0.1) is 0 Å². The number of rotatable bonds is 44. The van der Waals surface area contributed by atoms with Gasteiger partial charge in [0.2, 0.25) is 0 Å². The van der Waals surface area contributed by atoms with E-state index in [1.165, 1.54) is 25.7 Å². The van der Waals surface area contributed by atoms with Crippen LogP contribution in [0.3, 0.4) is 0 Å². The summed E-state index contributed by atoms with van der Waals surface area (Å²) in [5, 5.41) is 0. The molecule has 1 unspecified atom stereocenters. The first-order valence-electron chi connectivity index (χ1n) is 25.7. The summed E-state index contributed by atoms with van der Waals surface area (Å²) < 4.78 is 16.7. The number of esters is 3. The van der Waals surface area contributed by atoms with Crippen molar-refractivity contribution in [3.05, 3.63) is 134 Å². The normalized spacial score (nSPS) is 13.2. The van der Waals surface area contributed by atoms with Gasteiger partial charge in [0.15, 0.2) is 6.10 Å². The summed E-state index contributed by atoms with van der Waals surface area (Å²) in [5.41, 5.74) is 0. The minimum Gasteiger partial charge on any atom is -0.462 e. The molecule has 364 valence electrons. The van der Waals surface area contributed by atoms with Gasteiger partial charge in [-0.25, -0.2) is 0 Å². The summed E-state index contributed by atoms with van der Waals surface area (Å²) in [5.74, 6) is -1.03. The van der Waals surface area contributed by atoms with Crippen molar-refractivity contribution in [2.24, 2.45) is 0 Å². The van der Waals surface area contributed by atoms with E-state index in [9.17, 15) is 14.4 Å². The van der Waals surface area contributed by atoms with E-state index < -0.39 is 6.10 Å². The van der Waals surface area contributed by atoms with Crippen molar-refractivity contribution in [3.8, 4) is 0 Å². The Balaban J connectivity index is 4.53. The quantitative estimate of drug-likeness (QED) is 0.0199. The topological polar surface area (TPSA) is 78.9 Å². The van der Waals surface area contributed by atoms with Gasteiger partial charge in [-0.1, -0.05) is 199 Å². The zero-order valence-electron chi connectivity index (χ0n) is 41.4. The van der Waals surface area contributed by atoms with Gasteiger partial charge >= 0.3 is 17.9 Å². The molecule has 1 atom stereocenters. The number of hydrogen-bond donors (Lipinski definition) is 0. The Kier molecular flexibility index (Phi) is 48.6. The summed E-state index contributed by atoms with van der Waals surface area (Å²) in [7, 11) is 0. The lowest BCUT2D eigenvalue weighted by molar-refractivity contribution is -0.167. The Morgan fingerprint density at radius 2 is 0.662 bits per heavy atom. The van der Waals surface area contributed by atoms with Crippen molar-refractivity contribution < 1.29 is 28.6 Å². The van der Waals surface area contributed by atoms with Gasteiger partial charge in [-0.05, 0) is 116 Å². The molecule has 0 aromatic carbocycles. The zero-order valence-corrected chi connectivity index (χ0v) is 41.4. The van der Waals surface area contributed by atoms with Gasteiger partial charge in [0, 0.05) is 19.3 Å². The second-order valence-electron chi connectivity index (χ2n) is 16.3. The van der Waals surface area contributed by atoms with Crippen LogP contribution in [0.1, 0.15) is 201 Å². The Bertz CT molecular complexity index is 1450. The maximum atomic E-state index is 12.8. The van der Waals surface area contributed by atoms with Crippen LogP contribution < -0.4 is 0 Å². The monoisotopic (exact) mass is 897 g/mol. The van der Waals surface area contributed by atoms with E-state index in [4.69, 9.17) is 14.2 Å². The van der Waals surface area contributed by atoms with Gasteiger partial charge in [-0.2, -0.15) is 0 Å². The number of carbonyl (C=O) groups excluding carboxylic acids is 3. The lowest BCUT2D eigenvalue weighted by Gasteiger charge is -2.18. The Morgan fingerprint density at radius 1 is 0.338 bits per heavy atom. The highest BCUT2D eigenvalue weighted by Crippen LogP contribution is 2.12. The number of allylic oxidation sites excluding steroid dienone is 22. The fraction of sp³-hybridized carbons (Fsp3) is 0.576. The molecular weight excluding hydrogens is 805 g/mol. The Labute approximate surface area is 398 Å². The minimum atomic E-state index is -0.829. The predicted molar refractivity (Wildman–Crippen MR) is 279 cm³/mol. The van der Waals surface area contributed by atoms with Crippen LogP contribution in [0.5, 0.6) is 0 Å². The SMILES string of the molecule is CC/C=C\C/C=C\C/C=C\C/C=C\C/C=C\CCCC(=O)OC(COC(=O)CCCCC/C=C\C=C/CCCC)COC(=O)CCCCCCCC/C=C\C/C=C\C/C=C\C/C=C\CC. The fourth-order valence-electron chi connectivity index (χ4n) is 6.33. The van der Waals surface area contributed by atoms with Crippen LogP contribution in [0.25, 0.3) is 0 Å². The van der Waals surface area contributed by atoms with Crippen LogP contribution in [-0.4, -0.2) is 37.2 Å². The molecule has 0 aliphatic rings. The lowest BCUT2D eigenvalue weighted by Crippen LogP contribution is -2.30. The number of unbranched alkanes of at least 4 members (excludes halogenated alkanes) is 12. The smallest absolute Gasteiger partial charge is 0.306 e. The van der Waals surface area contributed by atoms with Crippen molar-refractivity contribution >= 4 is 17.9 Å². The maximum absolute atomic E-state index is 12.8. The Morgan fingerprint density at radius 3 is 1.09 bits per heavy atom. The van der Waals surface area contributed by atoms with Crippen molar-refractivity contribution in [2.45, 2.75) is 207 Å². The van der Waals surface area contributed by atoms with Crippen molar-refractivity contribution in [3.63, 3.8) is 0 Å². The average Bonchev–Trinajstić information content (AvgIpc) is 3.30. The van der Waals surface area contributed by atoms with Crippen LogP contribution in [-0.2, 0) is 28.6 Å². The first-order chi connectivity index (χ1) is 32.0. The molecule has 0 aromatic heterocycles. The molecule has 0 aliphatic carbocycles. The molecule has 65 heavy (non-hydrogen) atoms. The zero-order chi connectivity index (χ0) is 47.2. The highest BCUT2D eigenvalue weighted by atomic mass is 16.6. The van der Waals surface area contributed by atoms with Crippen LogP contribution in [0.4, 0.5) is 0 Å². The standard InChI is InChI=1S/C59H92O6/c1-4-7-10-13-16-19-22-24-26-28-29-31-32-34-37-40-43-46-49-52-58(61)64-55-56(54-63-57(60)51-48-45-42-39-36-21-18-15-12-9-6-3)65-59(62)53-50-47-44-41-38-35-33-30-27-25-23-20-17-14-11-8-5-2/h7-8,10-11,15-21,24-27,29,31,33,35-36,41,44,56H,4-6,9,12-14,22-23,28,30,32,34,37-40,42-43,45-55H2,1-3H3/b10-7-,11-8-,18-15-,19-16-,20-17-,26-24-,27-25-,31-29-,35-33-,36-21-,44-41-. The number of hydrogen-bond acceptors (Lipinski definition) is 6. The van der Waals surface area contributed by atoms with Crippen molar-refractivity contribution in [1.82, 2.24) is 0 Å². The highest BCUT2D eigenvalue weighted by molar-refractivity contribution is 5.71. The van der Waals surface area contributed by atoms with Crippen LogP contribution in [0.2, 0.25) is 0 Å². The van der Waals surface area contributed by atoms with E-state index in [2.05, 4.69) is 154 Å². The minimum absolute atomic E-state index is 0.122. The van der Waals surface area contributed by atoms with E-state index >= 15 is 0 Å². The van der Waals surface area contributed by atoms with Crippen LogP contribution in [0, 0.1) is 0 Å². The van der Waals surface area contributed by atoms with Crippen molar-refractivity contribution in [2.75, 3.05) is 13.2 Å². The molecule has 6 nitrogen and oxygen atoms in total. The Hall–Kier alpha value is -4.45. The van der Waals surface area contributed by atoms with Gasteiger partial charge in [0.1, 0.15) is 13.2 Å². The number of ether oxygens (including phenoxy) is 3. The molecule has 0 saturated heterocycles. The molecule has 0 aromatic rings. The molecule has 0 spiro atoms. The second-order valence-corrected chi connectivity index (χ2v) is 16.3. The second kappa shape index (κ2) is 52.2. The lowest BCUT2D eigenvalue weighted by atomic mass is 10.1. The summed E-state index contributed by atoms with van der Waals surface area (Å²) in [4.78, 5) is 37.9. The van der Waals surface area contributed by atoms with E-state index in [1.807, 2.05) is 0 Å². The third-order valence-corrected chi connectivity index (χ3v) is 10.1. The van der Waals surface area contributed by atoms with Gasteiger partial charge in [-0.3, -0.25) is 14.4 Å². The van der Waals surface area contributed by atoms with Crippen LogP contribution in [0.15, 0.2) is 134 Å². The molecule has 0 N–H and O–H groups in total. The summed E-state index contributed by atoms with van der Waals surface area (Å²) in [6, 6.07) is 0. The molecular formula is C59H92O6. The summed E-state index contributed by atoms with van der Waals surface area (Å²) >= 11 is 0. The molecule has 0 radical (unpaired) electrons. The molecule has 0 rings (SSSR count). The van der Waals surface area contributed by atoms with E-state index in [1.54, 1.807) is 0 Å². The van der Waals surface area contributed by atoms with Gasteiger partial charge in [0.05, 0.1) is 0 Å². The maximum Gasteiger partial charge on any atom is 0.306 e. The van der Waals surface area contributed by atoms with Crippen molar-refractivity contribution in [1.29, 1.82) is 0 Å². The molecule has 0 saturated carbocycles. The molecule has 0 fully saturated rings. The third kappa shape index (κ3) is 50.4. The molecule has 6 heteroatoms. The number of carbonyl (C=O) groups is 3. The largest absolute Gasteiger partial charge is 0.462 e. The summed E-state index contributed by atoms with van der Waals surface area (Å²) in [6.45, 7) is 6.25. The third-order valence-electron chi connectivity index (χ3n) is 10.1. The van der Waals surface area contributed by atoms with E-state index in [0.717, 1.165) is 128 Å². The predicted octanol–water partition coefficient (Wildman–Crippen LogP) is 17.1. The first kappa shape index (κ1) is 60.5. The fourth-order valence-corrected chi connectivity index (χ4v) is 6.33. The molecule has 0 heterocycles. The van der Waals surface area contributed by atoms with Crippen LogP contribution >= 0.6 is 0 Å². The molecule has 0 bridgehead atoms. The summed E-state index contributed by atoms with van der Waals surface area (Å²) in [6.07, 6.45) is 73.0. The highest BCUT2D eigenvalue weighted by Gasteiger charge is 2.19. The molecule has 0 aliphatic heterocycles. The van der Waals surface area contributed by atoms with Gasteiger partial charge in [0.25, 0.3) is 0 Å². The van der Waals surface area contributed by atoms with E-state index in [0.29, 0.717) is 19.3 Å². The van der Waals surface area contributed by atoms with E-state index in [-0.39, 0.29) is 37.5 Å². The van der Waals surface area contributed by atoms with Gasteiger partial charge < -0.3 is 14.2 Å². The average molecular weight is 897 g/mol. The molecule has 0 amide bonds. The first-order valence-corrected chi connectivity index (χ1v) is 25.7.